The van der Waals surface area contributed by atoms with Crippen LogP contribution in [-0.4, -0.2) is 31.6 Å². The summed E-state index contributed by atoms with van der Waals surface area (Å²) in [7, 11) is 4.26. The fourth-order valence-electron chi connectivity index (χ4n) is 3.19. The molecule has 2 unspecified atom stereocenters. The molecular weight excluding hydrogens is 220 g/mol. The van der Waals surface area contributed by atoms with Gasteiger partial charge in [0.2, 0.25) is 0 Å². The maximum atomic E-state index is 3.81. The molecule has 2 rings (SSSR count). The summed E-state index contributed by atoms with van der Waals surface area (Å²) in [5, 5.41) is 3.81. The minimum Gasteiger partial charge on any atom is -0.308 e. The number of nitrogens with zero attached hydrogens (tertiary/aromatic N) is 1. The first-order valence-electron chi connectivity index (χ1n) is 6.89. The largest absolute Gasteiger partial charge is 0.308 e. The van der Waals surface area contributed by atoms with E-state index in [1.165, 1.54) is 17.5 Å². The highest BCUT2D eigenvalue weighted by molar-refractivity contribution is 5.37. The number of benzene rings is 1. The summed E-state index contributed by atoms with van der Waals surface area (Å²) in [5.41, 5.74) is 3.31. The Labute approximate surface area is 111 Å². The molecule has 100 valence electrons. The first-order valence-corrected chi connectivity index (χ1v) is 6.89. The smallest absolute Gasteiger partial charge is 0.0380 e. The van der Waals surface area contributed by atoms with Crippen LogP contribution < -0.4 is 5.32 Å². The lowest BCUT2D eigenvalue weighted by Crippen LogP contribution is -2.41. The maximum Gasteiger partial charge on any atom is 0.0380 e. The highest BCUT2D eigenvalue weighted by atomic mass is 15.1. The average Bonchev–Trinajstić information content (AvgIpc) is 2.49. The van der Waals surface area contributed by atoms with Gasteiger partial charge in [-0.25, -0.2) is 0 Å². The molecule has 0 amide bonds. The first kappa shape index (κ1) is 13.6. The van der Waals surface area contributed by atoms with E-state index in [9.17, 15) is 0 Å². The molecule has 1 N–H and O–H groups in total. The van der Waals surface area contributed by atoms with Crippen molar-refractivity contribution < 1.29 is 0 Å². The minimum atomic E-state index is 0.310. The van der Waals surface area contributed by atoms with Crippen LogP contribution in [0.2, 0.25) is 0 Å². The van der Waals surface area contributed by atoms with Crippen molar-refractivity contribution in [1.82, 2.24) is 10.2 Å². The van der Waals surface area contributed by atoms with Gasteiger partial charge >= 0.3 is 0 Å². The molecule has 1 aliphatic carbocycles. The predicted octanol–water partition coefficient (Wildman–Crippen LogP) is 2.85. The van der Waals surface area contributed by atoms with Gasteiger partial charge in [0.25, 0.3) is 0 Å². The normalized spacial score (nSPS) is 23.1. The van der Waals surface area contributed by atoms with Gasteiger partial charge in [-0.2, -0.15) is 0 Å². The van der Waals surface area contributed by atoms with Crippen LogP contribution in [0.5, 0.6) is 0 Å². The number of fused-ring (bicyclic) bond motifs is 1. The Morgan fingerprint density at radius 2 is 2.00 bits per heavy atom. The van der Waals surface area contributed by atoms with Gasteiger partial charge in [0.1, 0.15) is 0 Å². The number of hydrogen-bond donors (Lipinski definition) is 1. The fourth-order valence-corrected chi connectivity index (χ4v) is 3.19. The lowest BCUT2D eigenvalue weighted by molar-refractivity contribution is 0.232. The van der Waals surface area contributed by atoms with Crippen molar-refractivity contribution in [3.63, 3.8) is 0 Å². The second kappa shape index (κ2) is 5.02. The number of likely N-dealkylation sites (N-methyl/N-ethyl adjacent to an activating group) is 1. The van der Waals surface area contributed by atoms with E-state index in [4.69, 9.17) is 0 Å². The quantitative estimate of drug-likeness (QED) is 0.879. The molecule has 2 heteroatoms. The standard InChI is InChI=1S/C16H26N2/c1-12(11-18(4)5)17-15-14-9-7-6-8-13(14)10-16(15,2)3/h6-9,12,15,17H,10-11H2,1-5H3. The van der Waals surface area contributed by atoms with Crippen molar-refractivity contribution in [3.8, 4) is 0 Å². The molecule has 1 aromatic rings. The van der Waals surface area contributed by atoms with Crippen LogP contribution in [0, 0.1) is 5.41 Å². The molecule has 0 aliphatic heterocycles. The van der Waals surface area contributed by atoms with Gasteiger partial charge in [-0.3, -0.25) is 0 Å². The van der Waals surface area contributed by atoms with E-state index in [1.54, 1.807) is 0 Å². The van der Waals surface area contributed by atoms with Gasteiger partial charge in [0.15, 0.2) is 0 Å². The summed E-state index contributed by atoms with van der Waals surface area (Å²) in [6, 6.07) is 9.85. The lowest BCUT2D eigenvalue weighted by atomic mass is 9.85. The first-order chi connectivity index (χ1) is 8.40. The SMILES string of the molecule is CC(CN(C)C)NC1c2ccccc2CC1(C)C. The summed E-state index contributed by atoms with van der Waals surface area (Å²) in [5.74, 6) is 0. The third kappa shape index (κ3) is 2.76. The molecule has 0 radical (unpaired) electrons. The molecular formula is C16H26N2. The lowest BCUT2D eigenvalue weighted by Gasteiger charge is -2.32. The second-order valence-corrected chi connectivity index (χ2v) is 6.63. The van der Waals surface area contributed by atoms with Gasteiger partial charge in [0, 0.05) is 18.6 Å². The zero-order chi connectivity index (χ0) is 13.3. The molecule has 2 atom stereocenters. The zero-order valence-electron chi connectivity index (χ0n) is 12.3. The molecule has 18 heavy (non-hydrogen) atoms. The topological polar surface area (TPSA) is 15.3 Å². The Balaban J connectivity index is 2.16. The summed E-state index contributed by atoms with van der Waals surface area (Å²) in [6.45, 7) is 8.09. The zero-order valence-corrected chi connectivity index (χ0v) is 12.3. The monoisotopic (exact) mass is 246 g/mol. The Morgan fingerprint density at radius 3 is 2.67 bits per heavy atom. The van der Waals surface area contributed by atoms with Crippen molar-refractivity contribution in [3.05, 3.63) is 35.4 Å². The molecule has 0 fully saturated rings. The number of nitrogens with one attached hydrogen (secondary N) is 1. The predicted molar refractivity (Wildman–Crippen MR) is 77.8 cm³/mol. The molecule has 0 saturated heterocycles. The van der Waals surface area contributed by atoms with E-state index in [0.29, 0.717) is 17.5 Å². The van der Waals surface area contributed by atoms with Gasteiger partial charge in [-0.05, 0) is 44.0 Å². The van der Waals surface area contributed by atoms with Crippen molar-refractivity contribution >= 4 is 0 Å². The van der Waals surface area contributed by atoms with Gasteiger partial charge in [-0.1, -0.05) is 38.1 Å². The van der Waals surface area contributed by atoms with Gasteiger partial charge < -0.3 is 10.2 Å². The summed E-state index contributed by atoms with van der Waals surface area (Å²) >= 11 is 0. The van der Waals surface area contributed by atoms with Crippen LogP contribution in [-0.2, 0) is 6.42 Å². The fraction of sp³-hybridized carbons (Fsp3) is 0.625. The van der Waals surface area contributed by atoms with E-state index in [-0.39, 0.29) is 0 Å². The van der Waals surface area contributed by atoms with E-state index >= 15 is 0 Å². The summed E-state index contributed by atoms with van der Waals surface area (Å²) in [6.07, 6.45) is 1.18. The van der Waals surface area contributed by atoms with Crippen LogP contribution in [0.25, 0.3) is 0 Å². The molecule has 1 aromatic carbocycles. The van der Waals surface area contributed by atoms with Crippen LogP contribution in [0.4, 0.5) is 0 Å². The number of hydrogen-bond acceptors (Lipinski definition) is 2. The Morgan fingerprint density at radius 1 is 1.33 bits per heavy atom. The molecule has 2 nitrogen and oxygen atoms in total. The molecule has 1 aliphatic rings. The van der Waals surface area contributed by atoms with Gasteiger partial charge in [0.05, 0.1) is 0 Å². The van der Waals surface area contributed by atoms with E-state index < -0.39 is 0 Å². The minimum absolute atomic E-state index is 0.310. The van der Waals surface area contributed by atoms with Crippen molar-refractivity contribution in [2.75, 3.05) is 20.6 Å². The molecule has 0 heterocycles. The summed E-state index contributed by atoms with van der Waals surface area (Å²) in [4.78, 5) is 2.24. The van der Waals surface area contributed by atoms with Gasteiger partial charge in [-0.15, -0.1) is 0 Å². The molecule has 0 bridgehead atoms. The van der Waals surface area contributed by atoms with Crippen molar-refractivity contribution in [2.24, 2.45) is 5.41 Å². The maximum absolute atomic E-state index is 3.81. The van der Waals surface area contributed by atoms with Crippen LogP contribution in [0.15, 0.2) is 24.3 Å². The third-order valence-electron chi connectivity index (χ3n) is 3.88. The number of rotatable bonds is 4. The highest BCUT2D eigenvalue weighted by Gasteiger charge is 2.38. The van der Waals surface area contributed by atoms with Crippen molar-refractivity contribution in [1.29, 1.82) is 0 Å². The second-order valence-electron chi connectivity index (χ2n) is 6.63. The van der Waals surface area contributed by atoms with Crippen LogP contribution in [0.1, 0.15) is 37.9 Å². The molecule has 0 saturated carbocycles. The Bertz CT molecular complexity index is 409. The van der Waals surface area contributed by atoms with Crippen LogP contribution >= 0.6 is 0 Å². The van der Waals surface area contributed by atoms with E-state index in [1.807, 2.05) is 0 Å². The Kier molecular flexibility index (Phi) is 3.79. The van der Waals surface area contributed by atoms with Crippen LogP contribution in [0.3, 0.4) is 0 Å². The Hall–Kier alpha value is -0.860. The molecule has 0 spiro atoms. The van der Waals surface area contributed by atoms with E-state index in [2.05, 4.69) is 69.3 Å². The van der Waals surface area contributed by atoms with E-state index in [0.717, 1.165) is 6.54 Å². The van der Waals surface area contributed by atoms with Crippen molar-refractivity contribution in [2.45, 2.75) is 39.3 Å². The highest BCUT2D eigenvalue weighted by Crippen LogP contribution is 2.45. The average molecular weight is 246 g/mol. The summed E-state index contributed by atoms with van der Waals surface area (Å²) < 4.78 is 0. The third-order valence-corrected chi connectivity index (χ3v) is 3.88. The molecule has 0 aromatic heterocycles.